The number of rotatable bonds is 4. The standard InChI is InChI=1S/C14H18N4OS/c1-8-5-16-13(19-8)11(4)15-6-12-10(3)17-14-18(12)7-9(2)20-14/h5,7,11,15H,6H2,1-4H3. The number of fused-ring (bicyclic) bond motifs is 1. The lowest BCUT2D eigenvalue weighted by molar-refractivity contribution is 0.400. The molecule has 0 saturated carbocycles. The van der Waals surface area contributed by atoms with Crippen LogP contribution in [0.25, 0.3) is 4.96 Å². The molecule has 1 atom stereocenters. The van der Waals surface area contributed by atoms with Crippen LogP contribution >= 0.6 is 11.3 Å². The third-order valence-electron chi connectivity index (χ3n) is 3.33. The second-order valence-electron chi connectivity index (χ2n) is 5.05. The van der Waals surface area contributed by atoms with Gasteiger partial charge in [-0.3, -0.25) is 4.40 Å². The quantitative estimate of drug-likeness (QED) is 0.802. The van der Waals surface area contributed by atoms with Gasteiger partial charge in [-0.2, -0.15) is 0 Å². The molecule has 0 spiro atoms. The Morgan fingerprint density at radius 2 is 2.20 bits per heavy atom. The van der Waals surface area contributed by atoms with Gasteiger partial charge < -0.3 is 9.73 Å². The van der Waals surface area contributed by atoms with Crippen LogP contribution in [0.5, 0.6) is 0 Å². The zero-order valence-electron chi connectivity index (χ0n) is 12.1. The van der Waals surface area contributed by atoms with Crippen molar-refractivity contribution in [1.82, 2.24) is 19.7 Å². The van der Waals surface area contributed by atoms with Crippen molar-refractivity contribution in [1.29, 1.82) is 0 Å². The number of imidazole rings is 1. The van der Waals surface area contributed by atoms with Gasteiger partial charge in [-0.05, 0) is 27.7 Å². The number of oxazole rings is 1. The molecule has 0 saturated heterocycles. The van der Waals surface area contributed by atoms with Gasteiger partial charge in [-0.1, -0.05) is 0 Å². The highest BCUT2D eigenvalue weighted by atomic mass is 32.1. The molecule has 0 aliphatic carbocycles. The van der Waals surface area contributed by atoms with E-state index in [9.17, 15) is 0 Å². The maximum Gasteiger partial charge on any atom is 0.211 e. The molecule has 20 heavy (non-hydrogen) atoms. The molecule has 106 valence electrons. The van der Waals surface area contributed by atoms with E-state index in [2.05, 4.69) is 39.7 Å². The Morgan fingerprint density at radius 1 is 1.40 bits per heavy atom. The van der Waals surface area contributed by atoms with Gasteiger partial charge in [0.15, 0.2) is 4.96 Å². The summed E-state index contributed by atoms with van der Waals surface area (Å²) in [7, 11) is 0. The minimum atomic E-state index is 0.0772. The lowest BCUT2D eigenvalue weighted by Crippen LogP contribution is -2.19. The van der Waals surface area contributed by atoms with Gasteiger partial charge in [0, 0.05) is 17.6 Å². The summed E-state index contributed by atoms with van der Waals surface area (Å²) in [5.74, 6) is 1.56. The van der Waals surface area contributed by atoms with Crippen molar-refractivity contribution >= 4 is 16.3 Å². The van der Waals surface area contributed by atoms with E-state index >= 15 is 0 Å². The van der Waals surface area contributed by atoms with Crippen molar-refractivity contribution < 1.29 is 4.42 Å². The number of nitrogens with one attached hydrogen (secondary N) is 1. The maximum absolute atomic E-state index is 5.54. The van der Waals surface area contributed by atoms with Crippen LogP contribution in [-0.2, 0) is 6.54 Å². The molecule has 1 N–H and O–H groups in total. The Kier molecular flexibility index (Phi) is 3.35. The van der Waals surface area contributed by atoms with Crippen molar-refractivity contribution in [2.75, 3.05) is 0 Å². The Morgan fingerprint density at radius 3 is 2.90 bits per heavy atom. The summed E-state index contributed by atoms with van der Waals surface area (Å²) in [4.78, 5) is 11.2. The van der Waals surface area contributed by atoms with Crippen LogP contribution < -0.4 is 5.32 Å². The van der Waals surface area contributed by atoms with E-state index in [1.54, 1.807) is 17.5 Å². The molecule has 0 radical (unpaired) electrons. The SMILES string of the molecule is Cc1cnc(C(C)NCc2c(C)nc3sc(C)cn23)o1. The normalized spacial score (nSPS) is 13.2. The van der Waals surface area contributed by atoms with E-state index < -0.39 is 0 Å². The molecule has 0 amide bonds. The Balaban J connectivity index is 1.78. The molecule has 3 heterocycles. The summed E-state index contributed by atoms with van der Waals surface area (Å²) < 4.78 is 7.71. The molecule has 0 aliphatic heterocycles. The first kappa shape index (κ1) is 13.3. The van der Waals surface area contributed by atoms with Gasteiger partial charge in [0.25, 0.3) is 0 Å². The van der Waals surface area contributed by atoms with Gasteiger partial charge in [0.05, 0.1) is 23.6 Å². The van der Waals surface area contributed by atoms with E-state index in [4.69, 9.17) is 4.42 Å². The average Bonchev–Trinajstić information content (AvgIpc) is 3.02. The van der Waals surface area contributed by atoms with Crippen LogP contribution in [0.3, 0.4) is 0 Å². The van der Waals surface area contributed by atoms with Gasteiger partial charge in [0.1, 0.15) is 5.76 Å². The second-order valence-corrected chi connectivity index (χ2v) is 6.26. The molecule has 6 heteroatoms. The van der Waals surface area contributed by atoms with Crippen LogP contribution in [0.2, 0.25) is 0 Å². The molecule has 1 unspecified atom stereocenters. The van der Waals surface area contributed by atoms with E-state index in [0.717, 1.165) is 28.9 Å². The summed E-state index contributed by atoms with van der Waals surface area (Å²) in [5.41, 5.74) is 2.26. The fourth-order valence-corrected chi connectivity index (χ4v) is 3.12. The number of aryl methyl sites for hydroxylation is 3. The third kappa shape index (κ3) is 2.36. The zero-order valence-corrected chi connectivity index (χ0v) is 12.9. The first-order valence-electron chi connectivity index (χ1n) is 6.64. The molecule has 3 aromatic rings. The Hall–Kier alpha value is -1.66. The summed E-state index contributed by atoms with van der Waals surface area (Å²) in [6.07, 6.45) is 3.88. The zero-order chi connectivity index (χ0) is 14.3. The summed E-state index contributed by atoms with van der Waals surface area (Å²) >= 11 is 1.71. The minimum Gasteiger partial charge on any atom is -0.444 e. The largest absolute Gasteiger partial charge is 0.444 e. The fourth-order valence-electron chi connectivity index (χ4n) is 2.23. The topological polar surface area (TPSA) is 55.4 Å². The van der Waals surface area contributed by atoms with Crippen molar-refractivity contribution in [3.8, 4) is 0 Å². The van der Waals surface area contributed by atoms with Crippen LogP contribution in [0.15, 0.2) is 16.8 Å². The summed E-state index contributed by atoms with van der Waals surface area (Å²) in [6.45, 7) is 8.85. The number of hydrogen-bond donors (Lipinski definition) is 1. The molecule has 0 fully saturated rings. The van der Waals surface area contributed by atoms with Gasteiger partial charge >= 0.3 is 0 Å². The molecule has 3 rings (SSSR count). The van der Waals surface area contributed by atoms with Crippen LogP contribution in [0.4, 0.5) is 0 Å². The molecular weight excluding hydrogens is 272 g/mol. The van der Waals surface area contributed by atoms with E-state index in [1.807, 2.05) is 13.8 Å². The van der Waals surface area contributed by atoms with Crippen LogP contribution in [-0.4, -0.2) is 14.4 Å². The molecule has 0 aliphatic rings. The van der Waals surface area contributed by atoms with Gasteiger partial charge in [-0.15, -0.1) is 11.3 Å². The van der Waals surface area contributed by atoms with Gasteiger partial charge in [-0.25, -0.2) is 9.97 Å². The molecule has 3 aromatic heterocycles. The van der Waals surface area contributed by atoms with Crippen molar-refractivity contribution in [3.05, 3.63) is 40.3 Å². The third-order valence-corrected chi connectivity index (χ3v) is 4.22. The first-order chi connectivity index (χ1) is 9.54. The van der Waals surface area contributed by atoms with E-state index in [0.29, 0.717) is 0 Å². The first-order valence-corrected chi connectivity index (χ1v) is 7.46. The lowest BCUT2D eigenvalue weighted by atomic mass is 10.3. The second kappa shape index (κ2) is 5.03. The number of aromatic nitrogens is 3. The number of nitrogens with zero attached hydrogens (tertiary/aromatic N) is 3. The van der Waals surface area contributed by atoms with Crippen LogP contribution in [0, 0.1) is 20.8 Å². The molecule has 0 aromatic carbocycles. The Labute approximate surface area is 121 Å². The highest BCUT2D eigenvalue weighted by molar-refractivity contribution is 7.17. The van der Waals surface area contributed by atoms with E-state index in [-0.39, 0.29) is 6.04 Å². The molecule has 5 nitrogen and oxygen atoms in total. The molecular formula is C14H18N4OS. The smallest absolute Gasteiger partial charge is 0.211 e. The predicted molar refractivity (Wildman–Crippen MR) is 79.0 cm³/mol. The minimum absolute atomic E-state index is 0.0772. The monoisotopic (exact) mass is 290 g/mol. The summed E-state index contributed by atoms with van der Waals surface area (Å²) in [6, 6.07) is 0.0772. The maximum atomic E-state index is 5.54. The number of hydrogen-bond acceptors (Lipinski definition) is 5. The molecule has 0 bridgehead atoms. The van der Waals surface area contributed by atoms with Crippen molar-refractivity contribution in [2.45, 2.75) is 40.3 Å². The fraction of sp³-hybridized carbons (Fsp3) is 0.429. The van der Waals surface area contributed by atoms with Crippen molar-refractivity contribution in [2.24, 2.45) is 0 Å². The predicted octanol–water partition coefficient (Wildman–Crippen LogP) is 3.16. The van der Waals surface area contributed by atoms with Crippen molar-refractivity contribution in [3.63, 3.8) is 0 Å². The number of thiazole rings is 1. The average molecular weight is 290 g/mol. The lowest BCUT2D eigenvalue weighted by Gasteiger charge is -2.10. The van der Waals surface area contributed by atoms with Crippen LogP contribution in [0.1, 0.15) is 40.9 Å². The Bertz CT molecular complexity index is 740. The highest BCUT2D eigenvalue weighted by Gasteiger charge is 2.14. The highest BCUT2D eigenvalue weighted by Crippen LogP contribution is 2.21. The van der Waals surface area contributed by atoms with E-state index in [1.165, 1.54) is 10.6 Å². The summed E-state index contributed by atoms with van der Waals surface area (Å²) in [5, 5.41) is 3.44. The van der Waals surface area contributed by atoms with Gasteiger partial charge in [0.2, 0.25) is 5.89 Å².